The van der Waals surface area contributed by atoms with Crippen LogP contribution in [0.1, 0.15) is 44.6 Å². The zero-order chi connectivity index (χ0) is 12.5. The zero-order valence-corrected chi connectivity index (χ0v) is 11.0. The molecule has 1 aliphatic carbocycles. The van der Waals surface area contributed by atoms with E-state index in [2.05, 4.69) is 4.98 Å². The minimum absolute atomic E-state index is 0.000772. The highest BCUT2D eigenvalue weighted by molar-refractivity contribution is 6.31. The van der Waals surface area contributed by atoms with Crippen LogP contribution in [0.4, 0.5) is 0 Å². The van der Waals surface area contributed by atoms with Crippen molar-refractivity contribution in [1.29, 1.82) is 0 Å². The van der Waals surface area contributed by atoms with Gasteiger partial charge in [-0.25, -0.2) is 4.79 Å². The molecule has 0 spiro atoms. The second-order valence-corrected chi connectivity index (χ2v) is 5.54. The highest BCUT2D eigenvalue weighted by Gasteiger charge is 2.18. The molecule has 1 N–H and O–H groups in total. The van der Waals surface area contributed by atoms with Gasteiger partial charge in [0, 0.05) is 11.1 Å². The van der Waals surface area contributed by atoms with Crippen LogP contribution in [0.25, 0.3) is 11.0 Å². The molecular weight excluding hydrogens is 248 g/mol. The van der Waals surface area contributed by atoms with Crippen LogP contribution in [0.5, 0.6) is 0 Å². The molecule has 0 bridgehead atoms. The Hall–Kier alpha value is -1.22. The summed E-state index contributed by atoms with van der Waals surface area (Å²) in [5.74, 6) is 0. The number of hydrogen-bond donors (Lipinski definition) is 1. The van der Waals surface area contributed by atoms with E-state index in [1.807, 2.05) is 22.8 Å². The predicted octanol–water partition coefficient (Wildman–Crippen LogP) is 3.88. The van der Waals surface area contributed by atoms with Crippen molar-refractivity contribution in [2.24, 2.45) is 0 Å². The fourth-order valence-electron chi connectivity index (χ4n) is 2.97. The average molecular weight is 265 g/mol. The fourth-order valence-corrected chi connectivity index (χ4v) is 3.14. The van der Waals surface area contributed by atoms with Crippen LogP contribution in [-0.2, 0) is 0 Å². The Labute approximate surface area is 111 Å². The Morgan fingerprint density at radius 2 is 1.89 bits per heavy atom. The average Bonchev–Trinajstić information content (AvgIpc) is 2.55. The van der Waals surface area contributed by atoms with Gasteiger partial charge in [-0.15, -0.1) is 0 Å². The molecule has 1 fully saturated rings. The van der Waals surface area contributed by atoms with Crippen LogP contribution < -0.4 is 5.69 Å². The first-order valence-electron chi connectivity index (χ1n) is 6.65. The minimum Gasteiger partial charge on any atom is -0.306 e. The lowest BCUT2D eigenvalue weighted by molar-refractivity contribution is 0.444. The summed E-state index contributed by atoms with van der Waals surface area (Å²) in [5.41, 5.74) is 1.83. The normalized spacial score (nSPS) is 18.1. The third kappa shape index (κ3) is 2.07. The van der Waals surface area contributed by atoms with Gasteiger partial charge in [-0.05, 0) is 31.0 Å². The molecule has 0 saturated heterocycles. The van der Waals surface area contributed by atoms with Crippen molar-refractivity contribution in [2.45, 2.75) is 44.6 Å². The second-order valence-electron chi connectivity index (χ2n) is 5.11. The number of rotatable bonds is 1. The van der Waals surface area contributed by atoms with Gasteiger partial charge in [-0.2, -0.15) is 0 Å². The Morgan fingerprint density at radius 3 is 2.61 bits per heavy atom. The van der Waals surface area contributed by atoms with Gasteiger partial charge in [0.1, 0.15) is 0 Å². The quantitative estimate of drug-likeness (QED) is 0.780. The maximum atomic E-state index is 12.1. The summed E-state index contributed by atoms with van der Waals surface area (Å²) in [6.07, 6.45) is 7.19. The number of imidazole rings is 1. The molecular formula is C14H17ClN2O. The molecule has 1 heterocycles. The van der Waals surface area contributed by atoms with Gasteiger partial charge in [-0.3, -0.25) is 4.57 Å². The topological polar surface area (TPSA) is 37.8 Å². The number of aromatic amines is 1. The molecule has 96 valence electrons. The van der Waals surface area contributed by atoms with Gasteiger partial charge in [0.15, 0.2) is 0 Å². The summed E-state index contributed by atoms with van der Waals surface area (Å²) >= 11 is 6.04. The number of hydrogen-bond acceptors (Lipinski definition) is 1. The number of fused-ring (bicyclic) bond motifs is 1. The van der Waals surface area contributed by atoms with E-state index >= 15 is 0 Å². The van der Waals surface area contributed by atoms with Crippen molar-refractivity contribution in [2.75, 3.05) is 0 Å². The van der Waals surface area contributed by atoms with E-state index in [4.69, 9.17) is 11.6 Å². The van der Waals surface area contributed by atoms with Crippen molar-refractivity contribution < 1.29 is 0 Å². The minimum atomic E-state index is -0.000772. The number of aromatic nitrogens is 2. The van der Waals surface area contributed by atoms with Crippen LogP contribution >= 0.6 is 11.6 Å². The van der Waals surface area contributed by atoms with Gasteiger partial charge in [0.2, 0.25) is 0 Å². The number of nitrogens with one attached hydrogen (secondary N) is 1. The van der Waals surface area contributed by atoms with E-state index < -0.39 is 0 Å². The molecule has 0 amide bonds. The van der Waals surface area contributed by atoms with Crippen molar-refractivity contribution in [3.8, 4) is 0 Å². The first-order valence-corrected chi connectivity index (χ1v) is 7.03. The smallest absolute Gasteiger partial charge is 0.306 e. The molecule has 0 atom stereocenters. The molecule has 3 nitrogen and oxygen atoms in total. The van der Waals surface area contributed by atoms with Crippen molar-refractivity contribution >= 4 is 22.6 Å². The molecule has 3 rings (SSSR count). The van der Waals surface area contributed by atoms with Gasteiger partial charge in [-0.1, -0.05) is 37.3 Å². The zero-order valence-electron chi connectivity index (χ0n) is 10.3. The van der Waals surface area contributed by atoms with Crippen LogP contribution in [0, 0.1) is 0 Å². The lowest BCUT2D eigenvalue weighted by atomic mass is 10.1. The van der Waals surface area contributed by atoms with E-state index in [0.29, 0.717) is 11.1 Å². The van der Waals surface area contributed by atoms with E-state index in [1.54, 1.807) is 0 Å². The van der Waals surface area contributed by atoms with Crippen LogP contribution in [0.3, 0.4) is 0 Å². The number of halogens is 1. The van der Waals surface area contributed by atoms with E-state index in [0.717, 1.165) is 23.9 Å². The summed E-state index contributed by atoms with van der Waals surface area (Å²) in [6, 6.07) is 5.91. The SMILES string of the molecule is O=c1[nH]c2ccc(Cl)cc2n1C1CCCCCC1. The molecule has 1 aromatic heterocycles. The van der Waals surface area contributed by atoms with Gasteiger partial charge >= 0.3 is 5.69 Å². The van der Waals surface area contributed by atoms with E-state index in [1.165, 1.54) is 25.7 Å². The molecule has 1 aliphatic rings. The predicted molar refractivity (Wildman–Crippen MR) is 74.3 cm³/mol. The monoisotopic (exact) mass is 264 g/mol. The Bertz CT molecular complexity index is 606. The van der Waals surface area contributed by atoms with Crippen molar-refractivity contribution in [3.05, 3.63) is 33.7 Å². The highest BCUT2D eigenvalue weighted by Crippen LogP contribution is 2.29. The van der Waals surface area contributed by atoms with Gasteiger partial charge in [0.05, 0.1) is 11.0 Å². The van der Waals surface area contributed by atoms with Gasteiger partial charge in [0.25, 0.3) is 0 Å². The summed E-state index contributed by atoms with van der Waals surface area (Å²) in [7, 11) is 0. The third-order valence-corrected chi connectivity index (χ3v) is 4.10. The number of H-pyrrole nitrogens is 1. The summed E-state index contributed by atoms with van der Waals surface area (Å²) in [6.45, 7) is 0. The van der Waals surface area contributed by atoms with Crippen molar-refractivity contribution in [1.82, 2.24) is 9.55 Å². The first-order chi connectivity index (χ1) is 8.75. The Kier molecular flexibility index (Phi) is 3.16. The number of benzene rings is 1. The molecule has 2 aromatic rings. The first kappa shape index (κ1) is 11.8. The standard InChI is InChI=1S/C14H17ClN2O/c15-10-7-8-12-13(9-10)17(14(18)16-12)11-5-3-1-2-4-6-11/h7-9,11H,1-6H2,(H,16,18). The van der Waals surface area contributed by atoms with Crippen LogP contribution in [0.2, 0.25) is 5.02 Å². The summed E-state index contributed by atoms with van der Waals surface area (Å²) in [4.78, 5) is 15.0. The molecule has 1 aromatic carbocycles. The van der Waals surface area contributed by atoms with E-state index in [9.17, 15) is 4.79 Å². The van der Waals surface area contributed by atoms with Crippen molar-refractivity contribution in [3.63, 3.8) is 0 Å². The molecule has 0 aliphatic heterocycles. The highest BCUT2D eigenvalue weighted by atomic mass is 35.5. The molecule has 0 radical (unpaired) electrons. The van der Waals surface area contributed by atoms with Gasteiger partial charge < -0.3 is 4.98 Å². The lowest BCUT2D eigenvalue weighted by Crippen LogP contribution is -2.21. The largest absolute Gasteiger partial charge is 0.326 e. The summed E-state index contributed by atoms with van der Waals surface area (Å²) in [5, 5.41) is 0.684. The van der Waals surface area contributed by atoms with E-state index in [-0.39, 0.29) is 5.69 Å². The number of nitrogens with zero attached hydrogens (tertiary/aromatic N) is 1. The summed E-state index contributed by atoms with van der Waals surface area (Å²) < 4.78 is 1.91. The van der Waals surface area contributed by atoms with Crippen LogP contribution in [0.15, 0.2) is 23.0 Å². The molecule has 0 unspecified atom stereocenters. The lowest BCUT2D eigenvalue weighted by Gasteiger charge is -2.16. The Balaban J connectivity index is 2.11. The maximum absolute atomic E-state index is 12.1. The maximum Gasteiger partial charge on any atom is 0.326 e. The molecule has 18 heavy (non-hydrogen) atoms. The third-order valence-electron chi connectivity index (χ3n) is 3.87. The second kappa shape index (κ2) is 4.81. The molecule has 4 heteroatoms. The van der Waals surface area contributed by atoms with Crippen LogP contribution in [-0.4, -0.2) is 9.55 Å². The Morgan fingerprint density at radius 1 is 1.17 bits per heavy atom. The molecule has 1 saturated carbocycles. The fraction of sp³-hybridized carbons (Fsp3) is 0.500.